The fourth-order valence-corrected chi connectivity index (χ4v) is 12.0. The molecule has 0 spiro atoms. The molecule has 0 radical (unpaired) electrons. The Balaban J connectivity index is 0.00000213. The zero-order valence-corrected chi connectivity index (χ0v) is 36.9. The molecule has 0 saturated heterocycles. The molecule has 304 valence electrons. The van der Waals surface area contributed by atoms with E-state index in [0.717, 1.165) is 19.3 Å². The molecule has 0 aliphatic heterocycles. The van der Waals surface area contributed by atoms with E-state index in [9.17, 15) is 0 Å². The molecule has 1 heterocycles. The second kappa shape index (κ2) is 14.5. The molecule has 4 aromatic carbocycles. The van der Waals surface area contributed by atoms with Gasteiger partial charge in [-0.25, -0.2) is 0 Å². The van der Waals surface area contributed by atoms with E-state index in [1.165, 1.54) is 122 Å². The molecule has 1 aromatic heterocycles. The smallest absolute Gasteiger partial charge is 0.0538 e. The standard InChI is InChI=1S/C58H48N2.C2H6/c1-6-38-34(2)51(36(4)59-57-35(3)39-21-11-12-24-43(39)57)44-27-28-45-53-46(33-50(55(38)56(44)53)60-48-25-15-13-22-41(48)42-23-14-16-26-49(42)60)52-40(37-19-9-7-10-20-37)29-30-47(54(45)52)58(5)31-17-8-18-32-58;1-2/h6-9,11-19,21-31,33,55-56,59H,1,10,20,32H2,2-5H3;1-2H3/b51-36-;. The molecule has 62 heavy (non-hydrogen) atoms. The van der Waals surface area contributed by atoms with Crippen molar-refractivity contribution in [1.29, 1.82) is 0 Å². The molecule has 3 unspecified atom stereocenters. The van der Waals surface area contributed by atoms with E-state index in [0.29, 0.717) is 0 Å². The quantitative estimate of drug-likeness (QED) is 0.181. The fourth-order valence-electron chi connectivity index (χ4n) is 12.0. The van der Waals surface area contributed by atoms with Crippen molar-refractivity contribution in [2.75, 3.05) is 0 Å². The second-order valence-corrected chi connectivity index (χ2v) is 17.9. The fraction of sp³-hybridized carbons (Fsp3) is 0.200. The molecule has 0 bridgehead atoms. The lowest BCUT2D eigenvalue weighted by Crippen LogP contribution is -2.34. The number of hydrogen-bond acceptors (Lipinski definition) is 1. The van der Waals surface area contributed by atoms with Gasteiger partial charge in [0.1, 0.15) is 0 Å². The van der Waals surface area contributed by atoms with Crippen LogP contribution in [0.25, 0.3) is 55.5 Å². The maximum Gasteiger partial charge on any atom is 0.0538 e. The van der Waals surface area contributed by atoms with Crippen molar-refractivity contribution < 1.29 is 0 Å². The third kappa shape index (κ3) is 5.29. The van der Waals surface area contributed by atoms with Crippen molar-refractivity contribution in [1.82, 2.24) is 9.88 Å². The third-order valence-corrected chi connectivity index (χ3v) is 14.7. The highest BCUT2D eigenvalue weighted by molar-refractivity contribution is 6.15. The monoisotopic (exact) mass is 802 g/mol. The number of para-hydroxylation sites is 2. The average molecular weight is 803 g/mol. The summed E-state index contributed by atoms with van der Waals surface area (Å²) < 4.78 is 2.60. The number of benzene rings is 4. The average Bonchev–Trinajstić information content (AvgIpc) is 3.84. The lowest BCUT2D eigenvalue weighted by molar-refractivity contribution is 0.576. The van der Waals surface area contributed by atoms with E-state index in [4.69, 9.17) is 0 Å². The van der Waals surface area contributed by atoms with Gasteiger partial charge in [-0.05, 0) is 131 Å². The van der Waals surface area contributed by atoms with Crippen LogP contribution >= 0.6 is 0 Å². The number of nitrogens with one attached hydrogen (secondary N) is 1. The van der Waals surface area contributed by atoms with Gasteiger partial charge in [-0.15, -0.1) is 0 Å². The Kier molecular flexibility index (Phi) is 8.95. The molecule has 0 saturated carbocycles. The Hall–Kier alpha value is -6.64. The Morgan fingerprint density at radius 2 is 1.48 bits per heavy atom. The van der Waals surface area contributed by atoms with Crippen LogP contribution in [0.1, 0.15) is 94.2 Å². The van der Waals surface area contributed by atoms with Crippen LogP contribution in [-0.4, -0.2) is 4.57 Å². The summed E-state index contributed by atoms with van der Waals surface area (Å²) >= 11 is 0. The van der Waals surface area contributed by atoms with Gasteiger partial charge >= 0.3 is 0 Å². The molecule has 0 amide bonds. The molecule has 2 heteroatoms. The minimum Gasteiger partial charge on any atom is -0.358 e. The van der Waals surface area contributed by atoms with Crippen molar-refractivity contribution in [3.63, 3.8) is 0 Å². The Morgan fingerprint density at radius 3 is 2.18 bits per heavy atom. The number of nitrogens with zero attached hydrogens (tertiary/aromatic N) is 1. The largest absolute Gasteiger partial charge is 0.358 e. The van der Waals surface area contributed by atoms with Crippen molar-refractivity contribution in [2.45, 2.75) is 66.2 Å². The topological polar surface area (TPSA) is 17.0 Å². The van der Waals surface area contributed by atoms with Gasteiger partial charge in [0.2, 0.25) is 0 Å². The summed E-state index contributed by atoms with van der Waals surface area (Å²) in [6.07, 6.45) is 29.0. The number of rotatable bonds is 6. The van der Waals surface area contributed by atoms with Gasteiger partial charge in [0.15, 0.2) is 0 Å². The summed E-state index contributed by atoms with van der Waals surface area (Å²) in [5.41, 5.74) is 26.7. The number of fused-ring (bicyclic) bond motifs is 7. The SMILES string of the molecule is C=CC1=C(C)/C(=C(\C)NC2=C(C)c3ccccc32)C2=CC=C3C4=C(C=C(n5c6ccccc6c6ccccc65)C1C24)c1c(C2=CC=CCC2)ccc(C2(C)C=CC=CC2)c13.CC. The van der Waals surface area contributed by atoms with Gasteiger partial charge in [-0.2, -0.15) is 0 Å². The van der Waals surface area contributed by atoms with Crippen LogP contribution in [0.15, 0.2) is 192 Å². The maximum absolute atomic E-state index is 4.61. The van der Waals surface area contributed by atoms with Gasteiger partial charge < -0.3 is 9.88 Å². The number of allylic oxidation sites excluding steroid dienone is 22. The first-order valence-corrected chi connectivity index (χ1v) is 22.8. The lowest BCUT2D eigenvalue weighted by atomic mass is 9.60. The van der Waals surface area contributed by atoms with Crippen LogP contribution in [0.5, 0.6) is 0 Å². The van der Waals surface area contributed by atoms with Crippen molar-refractivity contribution >= 4 is 55.5 Å². The predicted molar refractivity (Wildman–Crippen MR) is 266 cm³/mol. The third-order valence-electron chi connectivity index (χ3n) is 14.7. The molecule has 2 nitrogen and oxygen atoms in total. The normalized spacial score (nSPS) is 23.5. The van der Waals surface area contributed by atoms with Crippen molar-refractivity contribution in [3.05, 3.63) is 225 Å². The predicted octanol–water partition coefficient (Wildman–Crippen LogP) is 15.5. The van der Waals surface area contributed by atoms with Crippen molar-refractivity contribution in [2.24, 2.45) is 11.8 Å². The van der Waals surface area contributed by atoms with E-state index in [1.54, 1.807) is 0 Å². The Morgan fingerprint density at radius 1 is 0.758 bits per heavy atom. The minimum atomic E-state index is -0.123. The molecular formula is C60H54N2. The van der Waals surface area contributed by atoms with Gasteiger partial charge in [-0.3, -0.25) is 0 Å². The van der Waals surface area contributed by atoms with Crippen LogP contribution in [-0.2, 0) is 5.41 Å². The van der Waals surface area contributed by atoms with E-state index >= 15 is 0 Å². The van der Waals surface area contributed by atoms with Crippen LogP contribution in [0.2, 0.25) is 0 Å². The second-order valence-electron chi connectivity index (χ2n) is 17.9. The first-order chi connectivity index (χ1) is 30.4. The first kappa shape index (κ1) is 38.3. The summed E-state index contributed by atoms with van der Waals surface area (Å²) in [4.78, 5) is 0. The summed E-state index contributed by atoms with van der Waals surface area (Å²) in [5, 5.41) is 6.56. The zero-order chi connectivity index (χ0) is 42.4. The van der Waals surface area contributed by atoms with Crippen LogP contribution in [0.3, 0.4) is 0 Å². The number of hydrogen-bond donors (Lipinski definition) is 1. The summed E-state index contributed by atoms with van der Waals surface area (Å²) in [6, 6.07) is 31.7. The molecule has 3 atom stereocenters. The maximum atomic E-state index is 4.61. The van der Waals surface area contributed by atoms with Crippen molar-refractivity contribution in [3.8, 4) is 0 Å². The molecule has 1 N–H and O–H groups in total. The molecule has 0 fully saturated rings. The summed E-state index contributed by atoms with van der Waals surface area (Å²) in [7, 11) is 0. The van der Waals surface area contributed by atoms with Gasteiger partial charge in [0.05, 0.1) is 11.0 Å². The minimum absolute atomic E-state index is 0.0588. The summed E-state index contributed by atoms with van der Waals surface area (Å²) in [5.74, 6) is 0.151. The van der Waals surface area contributed by atoms with E-state index in [1.807, 2.05) is 13.8 Å². The number of aromatic nitrogens is 1. The highest BCUT2D eigenvalue weighted by atomic mass is 15.0. The van der Waals surface area contributed by atoms with Crippen LogP contribution in [0.4, 0.5) is 0 Å². The summed E-state index contributed by atoms with van der Waals surface area (Å²) in [6.45, 7) is 17.9. The highest BCUT2D eigenvalue weighted by Crippen LogP contribution is 2.64. The zero-order valence-electron chi connectivity index (χ0n) is 36.9. The van der Waals surface area contributed by atoms with E-state index in [2.05, 4.69) is 196 Å². The Bertz CT molecular complexity index is 3140. The van der Waals surface area contributed by atoms with Gasteiger partial charge in [-0.1, -0.05) is 161 Å². The molecular weight excluding hydrogens is 749 g/mol. The molecule has 5 aromatic rings. The molecule has 12 rings (SSSR count). The van der Waals surface area contributed by atoms with Gasteiger partial charge in [0.25, 0.3) is 0 Å². The molecule has 7 aliphatic carbocycles. The first-order valence-electron chi connectivity index (χ1n) is 22.8. The van der Waals surface area contributed by atoms with Crippen LogP contribution in [0, 0.1) is 11.8 Å². The lowest BCUT2D eigenvalue weighted by Gasteiger charge is -2.45. The van der Waals surface area contributed by atoms with E-state index < -0.39 is 0 Å². The van der Waals surface area contributed by atoms with E-state index in [-0.39, 0.29) is 17.3 Å². The van der Waals surface area contributed by atoms with Gasteiger partial charge in [0, 0.05) is 56.3 Å². The highest BCUT2D eigenvalue weighted by Gasteiger charge is 2.50. The Labute approximate surface area is 367 Å². The van der Waals surface area contributed by atoms with Crippen LogP contribution < -0.4 is 5.32 Å². The molecule has 7 aliphatic rings.